The number of nitrogens with one attached hydrogen (secondary N) is 2. The number of aromatic nitrogens is 1. The molecule has 1 heterocycles. The van der Waals surface area contributed by atoms with Gasteiger partial charge in [0.1, 0.15) is 0 Å². The van der Waals surface area contributed by atoms with E-state index in [1.165, 1.54) is 0 Å². The van der Waals surface area contributed by atoms with Crippen molar-refractivity contribution in [3.05, 3.63) is 106 Å². The van der Waals surface area contributed by atoms with Crippen molar-refractivity contribution in [3.8, 4) is 6.07 Å². The van der Waals surface area contributed by atoms with Gasteiger partial charge in [-0.1, -0.05) is 55.6 Å². The molecule has 1 aromatic heterocycles. The van der Waals surface area contributed by atoms with E-state index in [1.807, 2.05) is 48.7 Å². The minimum atomic E-state index is -0.952. The van der Waals surface area contributed by atoms with E-state index in [0.717, 1.165) is 46.9 Å². The van der Waals surface area contributed by atoms with Crippen LogP contribution in [0.15, 0.2) is 72.9 Å². The second-order valence-electron chi connectivity index (χ2n) is 9.42. The molecular formula is C31H30ClN3O3. The number of carbonyl (C=O) groups excluding carboxylic acids is 1. The van der Waals surface area contributed by atoms with Crippen molar-refractivity contribution in [1.82, 2.24) is 10.3 Å². The van der Waals surface area contributed by atoms with Crippen LogP contribution in [0.2, 0.25) is 5.02 Å². The highest BCUT2D eigenvalue weighted by molar-refractivity contribution is 6.30. The highest BCUT2D eigenvalue weighted by Crippen LogP contribution is 2.44. The van der Waals surface area contributed by atoms with E-state index in [9.17, 15) is 14.9 Å². The molecule has 0 radical (unpaired) electrons. The van der Waals surface area contributed by atoms with Gasteiger partial charge in [-0.3, -0.25) is 9.59 Å². The third-order valence-corrected chi connectivity index (χ3v) is 7.16. The van der Waals surface area contributed by atoms with Gasteiger partial charge < -0.3 is 15.4 Å². The van der Waals surface area contributed by atoms with Crippen LogP contribution in [0, 0.1) is 11.3 Å². The number of aromatic amines is 1. The normalized spacial score (nSPS) is 12.6. The monoisotopic (exact) mass is 527 g/mol. The quantitative estimate of drug-likeness (QED) is 0.195. The smallest absolute Gasteiger partial charge is 0.305 e. The molecule has 7 heteroatoms. The number of aliphatic carboxylic acids is 1. The number of hydrogen-bond acceptors (Lipinski definition) is 3. The second-order valence-corrected chi connectivity index (χ2v) is 9.85. The van der Waals surface area contributed by atoms with Crippen LogP contribution in [-0.2, 0) is 4.79 Å². The van der Waals surface area contributed by atoms with E-state index in [2.05, 4.69) is 35.4 Å². The SMILES string of the molecule is CCCCC(c1ccc(C(=O)NCCC(=O)O)cc1)C(c1ccc(Cl)cc1)c1c[nH]c2ccc(C#N)cc12. The Labute approximate surface area is 227 Å². The molecule has 0 spiro atoms. The number of nitrogens with zero attached hydrogens (tertiary/aromatic N) is 1. The average molecular weight is 528 g/mol. The van der Waals surface area contributed by atoms with Crippen LogP contribution in [-0.4, -0.2) is 28.5 Å². The number of halogens is 1. The van der Waals surface area contributed by atoms with E-state index in [1.54, 1.807) is 12.1 Å². The van der Waals surface area contributed by atoms with Crippen molar-refractivity contribution >= 4 is 34.4 Å². The summed E-state index contributed by atoms with van der Waals surface area (Å²) in [7, 11) is 0. The molecule has 6 nitrogen and oxygen atoms in total. The van der Waals surface area contributed by atoms with E-state index in [0.29, 0.717) is 16.1 Å². The second kappa shape index (κ2) is 12.4. The molecule has 0 aliphatic carbocycles. The third-order valence-electron chi connectivity index (χ3n) is 6.90. The highest BCUT2D eigenvalue weighted by atomic mass is 35.5. The first kappa shape index (κ1) is 27.0. The van der Waals surface area contributed by atoms with Crippen molar-refractivity contribution < 1.29 is 14.7 Å². The molecule has 2 unspecified atom stereocenters. The lowest BCUT2D eigenvalue weighted by Gasteiger charge is -2.29. The van der Waals surface area contributed by atoms with Gasteiger partial charge in [0, 0.05) is 40.1 Å². The molecule has 0 aliphatic rings. The van der Waals surface area contributed by atoms with E-state index in [-0.39, 0.29) is 30.7 Å². The molecule has 0 saturated heterocycles. The van der Waals surface area contributed by atoms with Crippen molar-refractivity contribution in [2.24, 2.45) is 0 Å². The minimum absolute atomic E-state index is 0.0169. The summed E-state index contributed by atoms with van der Waals surface area (Å²) < 4.78 is 0. The Balaban J connectivity index is 1.76. The van der Waals surface area contributed by atoms with Crippen LogP contribution in [0.1, 0.15) is 77.1 Å². The third kappa shape index (κ3) is 6.24. The number of rotatable bonds is 11. The van der Waals surface area contributed by atoms with Crippen LogP contribution < -0.4 is 5.32 Å². The van der Waals surface area contributed by atoms with Gasteiger partial charge in [0.25, 0.3) is 5.91 Å². The van der Waals surface area contributed by atoms with Gasteiger partial charge in [-0.25, -0.2) is 0 Å². The molecule has 194 valence electrons. The number of H-pyrrole nitrogens is 1. The van der Waals surface area contributed by atoms with Gasteiger partial charge in [-0.15, -0.1) is 0 Å². The maximum absolute atomic E-state index is 12.5. The Bertz CT molecular complexity index is 1450. The molecule has 3 N–H and O–H groups in total. The predicted molar refractivity (Wildman–Crippen MR) is 150 cm³/mol. The van der Waals surface area contributed by atoms with Crippen molar-refractivity contribution in [2.75, 3.05) is 6.54 Å². The maximum atomic E-state index is 12.5. The molecule has 4 rings (SSSR count). The van der Waals surface area contributed by atoms with Crippen LogP contribution in [0.25, 0.3) is 10.9 Å². The Morgan fingerprint density at radius 1 is 1.05 bits per heavy atom. The zero-order valence-electron chi connectivity index (χ0n) is 21.2. The number of carboxylic acid groups (broad SMARTS) is 1. The summed E-state index contributed by atoms with van der Waals surface area (Å²) in [5, 5.41) is 22.7. The lowest BCUT2D eigenvalue weighted by atomic mass is 9.74. The lowest BCUT2D eigenvalue weighted by Crippen LogP contribution is -2.26. The molecule has 38 heavy (non-hydrogen) atoms. The predicted octanol–water partition coefficient (Wildman–Crippen LogP) is 7.00. The summed E-state index contributed by atoms with van der Waals surface area (Å²) in [5.74, 6) is -1.16. The Morgan fingerprint density at radius 3 is 2.42 bits per heavy atom. The Morgan fingerprint density at radius 2 is 1.76 bits per heavy atom. The number of hydrogen-bond donors (Lipinski definition) is 3. The van der Waals surface area contributed by atoms with Gasteiger partial charge in [-0.05, 0) is 71.5 Å². The van der Waals surface area contributed by atoms with Crippen molar-refractivity contribution in [2.45, 2.75) is 44.4 Å². The van der Waals surface area contributed by atoms with Crippen LogP contribution in [0.5, 0.6) is 0 Å². The number of unbranched alkanes of at least 4 members (excludes halogenated alkanes) is 1. The number of nitriles is 1. The van der Waals surface area contributed by atoms with Gasteiger partial charge in [0.05, 0.1) is 18.1 Å². The van der Waals surface area contributed by atoms with Gasteiger partial charge >= 0.3 is 5.97 Å². The van der Waals surface area contributed by atoms with Crippen molar-refractivity contribution in [1.29, 1.82) is 5.26 Å². The average Bonchev–Trinajstić information content (AvgIpc) is 3.34. The summed E-state index contributed by atoms with van der Waals surface area (Å²) in [6, 6.07) is 23.4. The number of amides is 1. The first-order valence-corrected chi connectivity index (χ1v) is 13.2. The van der Waals surface area contributed by atoms with E-state index in [4.69, 9.17) is 16.7 Å². The van der Waals surface area contributed by atoms with Gasteiger partial charge in [0.2, 0.25) is 0 Å². The van der Waals surface area contributed by atoms with E-state index >= 15 is 0 Å². The van der Waals surface area contributed by atoms with Crippen molar-refractivity contribution in [3.63, 3.8) is 0 Å². The molecule has 1 amide bonds. The molecule has 0 aliphatic heterocycles. The summed E-state index contributed by atoms with van der Waals surface area (Å²) in [5.41, 5.74) is 5.40. The minimum Gasteiger partial charge on any atom is -0.481 e. The Kier molecular flexibility index (Phi) is 8.83. The maximum Gasteiger partial charge on any atom is 0.305 e. The lowest BCUT2D eigenvalue weighted by molar-refractivity contribution is -0.136. The molecular weight excluding hydrogens is 498 g/mol. The molecule has 2 atom stereocenters. The standard InChI is InChI=1S/C31H30ClN3O3/c1-2-3-4-25(21-6-8-23(9-7-21)31(38)34-16-15-29(36)37)30(22-10-12-24(32)13-11-22)27-19-35-28-14-5-20(18-33)17-26(27)28/h5-14,17,19,25,30,35H,2-4,15-16H2,1H3,(H,34,38)(H,36,37). The fourth-order valence-corrected chi connectivity index (χ4v) is 5.11. The van der Waals surface area contributed by atoms with Gasteiger partial charge in [-0.2, -0.15) is 5.26 Å². The number of carbonyl (C=O) groups is 2. The summed E-state index contributed by atoms with van der Waals surface area (Å²) in [4.78, 5) is 26.7. The fourth-order valence-electron chi connectivity index (χ4n) is 4.98. The first-order valence-electron chi connectivity index (χ1n) is 12.8. The topological polar surface area (TPSA) is 106 Å². The summed E-state index contributed by atoms with van der Waals surface area (Å²) >= 11 is 6.24. The molecule has 4 aromatic rings. The van der Waals surface area contributed by atoms with E-state index < -0.39 is 5.97 Å². The zero-order chi connectivity index (χ0) is 27.1. The summed E-state index contributed by atoms with van der Waals surface area (Å²) in [6.45, 7) is 2.25. The molecule has 0 fully saturated rings. The zero-order valence-corrected chi connectivity index (χ0v) is 22.0. The number of fused-ring (bicyclic) bond motifs is 1. The number of benzene rings is 3. The molecule has 0 bridgehead atoms. The highest BCUT2D eigenvalue weighted by Gasteiger charge is 2.29. The molecule has 0 saturated carbocycles. The summed E-state index contributed by atoms with van der Waals surface area (Å²) in [6.07, 6.45) is 4.91. The largest absolute Gasteiger partial charge is 0.481 e. The van der Waals surface area contributed by atoms with Crippen LogP contribution >= 0.6 is 11.6 Å². The van der Waals surface area contributed by atoms with Crippen LogP contribution in [0.3, 0.4) is 0 Å². The first-order chi connectivity index (χ1) is 18.4. The Hall–Kier alpha value is -4.08. The van der Waals surface area contributed by atoms with Crippen LogP contribution in [0.4, 0.5) is 0 Å². The van der Waals surface area contributed by atoms with Gasteiger partial charge in [0.15, 0.2) is 0 Å². The fraction of sp³-hybridized carbons (Fsp3) is 0.258. The number of carboxylic acids is 1. The molecule has 3 aromatic carbocycles.